The number of carbonyl (C=O) groups is 2. The van der Waals surface area contributed by atoms with Crippen molar-refractivity contribution in [1.29, 1.82) is 0 Å². The summed E-state index contributed by atoms with van der Waals surface area (Å²) in [7, 11) is 1.33. The molecule has 1 N–H and O–H groups in total. The Morgan fingerprint density at radius 1 is 1.40 bits per heavy atom. The Balaban J connectivity index is 1.64. The third-order valence-electron chi connectivity index (χ3n) is 4.46. The second-order valence-electron chi connectivity index (χ2n) is 5.97. The zero-order valence-electron chi connectivity index (χ0n) is 14.1. The predicted octanol–water partition coefficient (Wildman–Crippen LogP) is 2.30. The summed E-state index contributed by atoms with van der Waals surface area (Å²) in [6.07, 6.45) is 4.35. The van der Waals surface area contributed by atoms with E-state index in [9.17, 15) is 9.59 Å². The highest BCUT2D eigenvalue weighted by molar-refractivity contribution is 5.89. The van der Waals surface area contributed by atoms with Gasteiger partial charge in [0.05, 0.1) is 37.1 Å². The van der Waals surface area contributed by atoms with Crippen LogP contribution in [0.2, 0.25) is 0 Å². The molecule has 3 unspecified atom stereocenters. The fourth-order valence-electron chi connectivity index (χ4n) is 3.18. The average Bonchev–Trinajstić information content (AvgIpc) is 3.03. The predicted molar refractivity (Wildman–Crippen MR) is 87.9 cm³/mol. The van der Waals surface area contributed by atoms with Gasteiger partial charge in [-0.05, 0) is 25.5 Å². The number of alkyl carbamates (subject to hydrolysis) is 1. The lowest BCUT2D eigenvalue weighted by Gasteiger charge is -2.33. The maximum atomic E-state index is 12.1. The van der Waals surface area contributed by atoms with Gasteiger partial charge in [0, 0.05) is 12.1 Å². The molecule has 1 aromatic heterocycles. The van der Waals surface area contributed by atoms with Crippen LogP contribution in [0, 0.1) is 11.8 Å². The van der Waals surface area contributed by atoms with Crippen molar-refractivity contribution in [3.63, 3.8) is 0 Å². The van der Waals surface area contributed by atoms with Crippen molar-refractivity contribution in [1.82, 2.24) is 10.3 Å². The summed E-state index contributed by atoms with van der Waals surface area (Å²) in [5.41, 5.74) is 2.23. The van der Waals surface area contributed by atoms with Crippen LogP contribution >= 0.6 is 0 Å². The van der Waals surface area contributed by atoms with Crippen LogP contribution in [0.4, 0.5) is 4.79 Å². The third-order valence-corrected chi connectivity index (χ3v) is 4.46. The highest BCUT2D eigenvalue weighted by Crippen LogP contribution is 2.43. The summed E-state index contributed by atoms with van der Waals surface area (Å²) >= 11 is 0. The van der Waals surface area contributed by atoms with E-state index in [1.807, 2.05) is 25.1 Å². The summed E-state index contributed by atoms with van der Waals surface area (Å²) in [4.78, 5) is 28.1. The van der Waals surface area contributed by atoms with Crippen LogP contribution in [-0.4, -0.2) is 30.4 Å². The van der Waals surface area contributed by atoms with Gasteiger partial charge in [-0.15, -0.1) is 0 Å². The van der Waals surface area contributed by atoms with Gasteiger partial charge in [-0.2, -0.15) is 0 Å². The highest BCUT2D eigenvalue weighted by Gasteiger charge is 2.44. The molecular formula is C18H20N2O5. The molecule has 3 rings (SSSR count). The number of allylic oxidation sites excluding steroid dienone is 1. The number of pyridine rings is 1. The van der Waals surface area contributed by atoms with Gasteiger partial charge < -0.3 is 19.5 Å². The molecule has 0 aromatic carbocycles. The van der Waals surface area contributed by atoms with Crippen molar-refractivity contribution in [3.8, 4) is 0 Å². The van der Waals surface area contributed by atoms with Gasteiger partial charge in [0.2, 0.25) is 0 Å². The molecule has 1 amide bonds. The lowest BCUT2D eigenvalue weighted by atomic mass is 9.84. The van der Waals surface area contributed by atoms with Gasteiger partial charge in [-0.3, -0.25) is 4.98 Å². The first-order valence-corrected chi connectivity index (χ1v) is 8.05. The quantitative estimate of drug-likeness (QED) is 0.666. The van der Waals surface area contributed by atoms with Gasteiger partial charge in [-0.1, -0.05) is 17.7 Å². The number of hydrogen-bond donors (Lipinski definition) is 1. The summed E-state index contributed by atoms with van der Waals surface area (Å²) in [6.45, 7) is 2.20. The number of fused-ring (bicyclic) bond motifs is 1. The first-order valence-electron chi connectivity index (χ1n) is 8.05. The van der Waals surface area contributed by atoms with Crippen molar-refractivity contribution in [3.05, 3.63) is 53.6 Å². The molecule has 2 heterocycles. The fourth-order valence-corrected chi connectivity index (χ4v) is 3.18. The Labute approximate surface area is 145 Å². The van der Waals surface area contributed by atoms with Crippen molar-refractivity contribution < 1.29 is 23.8 Å². The van der Waals surface area contributed by atoms with Crippen molar-refractivity contribution in [2.75, 3.05) is 7.11 Å². The van der Waals surface area contributed by atoms with E-state index in [0.717, 1.165) is 11.3 Å². The first kappa shape index (κ1) is 17.0. The van der Waals surface area contributed by atoms with E-state index in [2.05, 4.69) is 10.3 Å². The zero-order chi connectivity index (χ0) is 17.8. The van der Waals surface area contributed by atoms with Crippen LogP contribution in [0.25, 0.3) is 0 Å². The van der Waals surface area contributed by atoms with Gasteiger partial charge >= 0.3 is 12.1 Å². The zero-order valence-corrected chi connectivity index (χ0v) is 14.1. The normalized spacial score (nSPS) is 24.3. The molecule has 3 atom stereocenters. The minimum Gasteiger partial charge on any atom is -0.466 e. The Kier molecular flexibility index (Phi) is 5.02. The largest absolute Gasteiger partial charge is 0.466 e. The number of nitrogens with one attached hydrogen (secondary N) is 1. The second kappa shape index (κ2) is 7.38. The number of hydrogen-bond acceptors (Lipinski definition) is 6. The summed E-state index contributed by atoms with van der Waals surface area (Å²) in [5.74, 6) is -0.717. The summed E-state index contributed by atoms with van der Waals surface area (Å²) in [6, 6.07) is 5.46. The number of rotatable bonds is 4. The van der Waals surface area contributed by atoms with Crippen LogP contribution < -0.4 is 5.32 Å². The number of aromatic nitrogens is 1. The number of ether oxygens (including phenoxy) is 3. The molecule has 0 saturated carbocycles. The minimum atomic E-state index is -0.777. The molecule has 1 aliphatic heterocycles. The SMILES string of the molecule is COC(=O)C1=COC(OC(=O)NCc2ccccn2)C2C(C)=CCC12. The van der Waals surface area contributed by atoms with Crippen LogP contribution in [0.3, 0.4) is 0 Å². The minimum absolute atomic E-state index is 0.102. The standard InChI is InChI=1S/C18H20N2O5/c1-11-6-7-13-14(16(21)23-2)10-24-17(15(11)13)25-18(22)20-9-12-5-3-4-8-19-12/h3-6,8,10,13,15,17H,7,9H2,1-2H3,(H,20,22). The van der Waals surface area contributed by atoms with E-state index in [4.69, 9.17) is 14.2 Å². The number of carbonyl (C=O) groups excluding carboxylic acids is 2. The highest BCUT2D eigenvalue weighted by atomic mass is 16.7. The second-order valence-corrected chi connectivity index (χ2v) is 5.97. The molecule has 25 heavy (non-hydrogen) atoms. The molecule has 132 valence electrons. The van der Waals surface area contributed by atoms with Gasteiger partial charge in [0.1, 0.15) is 0 Å². The number of methoxy groups -OCH3 is 1. The Morgan fingerprint density at radius 3 is 2.96 bits per heavy atom. The topological polar surface area (TPSA) is 86.8 Å². The molecule has 0 fully saturated rings. The maximum absolute atomic E-state index is 12.1. The van der Waals surface area contributed by atoms with Crippen LogP contribution in [0.1, 0.15) is 19.0 Å². The lowest BCUT2D eigenvalue weighted by Crippen LogP contribution is -2.40. The van der Waals surface area contributed by atoms with Gasteiger partial charge in [0.15, 0.2) is 0 Å². The van der Waals surface area contributed by atoms with Gasteiger partial charge in [0.25, 0.3) is 6.29 Å². The Hall–Kier alpha value is -2.83. The van der Waals surface area contributed by atoms with E-state index >= 15 is 0 Å². The monoisotopic (exact) mass is 344 g/mol. The molecule has 0 radical (unpaired) electrons. The van der Waals surface area contributed by atoms with Crippen molar-refractivity contribution in [2.45, 2.75) is 26.2 Å². The molecular weight excluding hydrogens is 324 g/mol. The molecule has 7 heteroatoms. The van der Waals surface area contributed by atoms with E-state index in [1.54, 1.807) is 12.3 Å². The summed E-state index contributed by atoms with van der Waals surface area (Å²) in [5, 5.41) is 2.65. The van der Waals surface area contributed by atoms with Crippen LogP contribution in [0.5, 0.6) is 0 Å². The molecule has 1 aliphatic carbocycles. The molecule has 1 aromatic rings. The average molecular weight is 344 g/mol. The summed E-state index contributed by atoms with van der Waals surface area (Å²) < 4.78 is 15.7. The number of amides is 1. The van der Waals surface area contributed by atoms with E-state index in [-0.39, 0.29) is 18.4 Å². The Morgan fingerprint density at radius 2 is 2.24 bits per heavy atom. The van der Waals surface area contributed by atoms with Gasteiger partial charge in [-0.25, -0.2) is 9.59 Å². The molecule has 0 spiro atoms. The molecule has 7 nitrogen and oxygen atoms in total. The third kappa shape index (κ3) is 3.65. The van der Waals surface area contributed by atoms with Crippen LogP contribution in [-0.2, 0) is 25.5 Å². The molecule has 0 saturated heterocycles. The number of nitrogens with zero attached hydrogens (tertiary/aromatic N) is 1. The fraction of sp³-hybridized carbons (Fsp3) is 0.389. The number of esters is 1. The van der Waals surface area contributed by atoms with E-state index in [0.29, 0.717) is 12.0 Å². The molecule has 2 aliphatic rings. The van der Waals surface area contributed by atoms with Crippen molar-refractivity contribution >= 4 is 12.1 Å². The lowest BCUT2D eigenvalue weighted by molar-refractivity contribution is -0.141. The maximum Gasteiger partial charge on any atom is 0.410 e. The first-order chi connectivity index (χ1) is 12.1. The van der Waals surface area contributed by atoms with Crippen LogP contribution in [0.15, 0.2) is 47.9 Å². The molecule has 0 bridgehead atoms. The smallest absolute Gasteiger partial charge is 0.410 e. The van der Waals surface area contributed by atoms with E-state index < -0.39 is 18.4 Å². The van der Waals surface area contributed by atoms with Crippen molar-refractivity contribution in [2.24, 2.45) is 11.8 Å². The van der Waals surface area contributed by atoms with E-state index in [1.165, 1.54) is 13.4 Å². The Bertz CT molecular complexity index is 713.